The Labute approximate surface area is 174 Å². The standard InChI is InChI=1S/C26H19I/c1-2-3-4-9-18-17-26(25-16-19(27)14-15-20(18)25)23-12-7-5-10-21(23)22-11-6-8-13-24(22)26/h2-16H,1,17H2/b4-3-,18-9+. The number of fused-ring (bicyclic) bond motifs is 7. The molecular weight excluding hydrogens is 439 g/mol. The molecule has 0 fully saturated rings. The zero-order valence-electron chi connectivity index (χ0n) is 15.0. The van der Waals surface area contributed by atoms with Crippen LogP contribution >= 0.6 is 22.6 Å². The molecule has 1 spiro atoms. The molecule has 0 aromatic heterocycles. The van der Waals surface area contributed by atoms with Crippen LogP contribution in [0, 0.1) is 3.57 Å². The number of rotatable bonds is 2. The maximum Gasteiger partial charge on any atom is 0.0510 e. The molecule has 0 saturated heterocycles. The van der Waals surface area contributed by atoms with Gasteiger partial charge in [-0.25, -0.2) is 0 Å². The van der Waals surface area contributed by atoms with Crippen LogP contribution in [0.3, 0.4) is 0 Å². The Hall–Kier alpha value is -2.39. The van der Waals surface area contributed by atoms with Gasteiger partial charge in [-0.2, -0.15) is 0 Å². The van der Waals surface area contributed by atoms with Crippen LogP contribution < -0.4 is 0 Å². The summed E-state index contributed by atoms with van der Waals surface area (Å²) >= 11 is 2.44. The quantitative estimate of drug-likeness (QED) is 0.283. The van der Waals surface area contributed by atoms with E-state index < -0.39 is 0 Å². The summed E-state index contributed by atoms with van der Waals surface area (Å²) in [5.74, 6) is 0. The molecule has 0 nitrogen and oxygen atoms in total. The van der Waals surface area contributed by atoms with Crippen molar-refractivity contribution < 1.29 is 0 Å². The topological polar surface area (TPSA) is 0 Å². The number of hydrogen-bond acceptors (Lipinski definition) is 0. The molecule has 0 radical (unpaired) electrons. The van der Waals surface area contributed by atoms with Gasteiger partial charge in [0, 0.05) is 3.57 Å². The van der Waals surface area contributed by atoms with Crippen LogP contribution in [0.1, 0.15) is 28.7 Å². The predicted molar refractivity (Wildman–Crippen MR) is 123 cm³/mol. The summed E-state index contributed by atoms with van der Waals surface area (Å²) in [6, 6.07) is 24.8. The fraction of sp³-hybridized carbons (Fsp3) is 0.0769. The van der Waals surface area contributed by atoms with E-state index in [0.29, 0.717) is 0 Å². The summed E-state index contributed by atoms with van der Waals surface area (Å²) < 4.78 is 1.29. The number of halogens is 1. The fourth-order valence-corrected chi connectivity index (χ4v) is 5.32. The Morgan fingerprint density at radius 3 is 2.11 bits per heavy atom. The number of allylic oxidation sites excluding steroid dienone is 5. The predicted octanol–water partition coefficient (Wildman–Crippen LogP) is 7.14. The van der Waals surface area contributed by atoms with Gasteiger partial charge in [-0.15, -0.1) is 0 Å². The van der Waals surface area contributed by atoms with E-state index in [1.165, 1.54) is 42.5 Å². The van der Waals surface area contributed by atoms with E-state index in [-0.39, 0.29) is 5.41 Å². The number of hydrogen-bond donors (Lipinski definition) is 0. The largest absolute Gasteiger partial charge is 0.0991 e. The Kier molecular flexibility index (Phi) is 3.94. The molecule has 0 bridgehead atoms. The molecule has 0 atom stereocenters. The number of benzene rings is 3. The summed E-state index contributed by atoms with van der Waals surface area (Å²) in [7, 11) is 0. The lowest BCUT2D eigenvalue weighted by atomic mass is 9.73. The van der Waals surface area contributed by atoms with Gasteiger partial charge in [0.1, 0.15) is 0 Å². The van der Waals surface area contributed by atoms with Crippen LogP contribution in [0.15, 0.2) is 97.6 Å². The van der Waals surface area contributed by atoms with Gasteiger partial charge in [0.25, 0.3) is 0 Å². The van der Waals surface area contributed by atoms with E-state index in [4.69, 9.17) is 0 Å². The van der Waals surface area contributed by atoms with Crippen LogP contribution in [0.5, 0.6) is 0 Å². The van der Waals surface area contributed by atoms with E-state index in [0.717, 1.165) is 6.42 Å². The van der Waals surface area contributed by atoms with E-state index in [1.807, 2.05) is 12.2 Å². The van der Waals surface area contributed by atoms with Crippen molar-refractivity contribution >= 4 is 28.2 Å². The lowest BCUT2D eigenvalue weighted by molar-refractivity contribution is 0.681. The minimum Gasteiger partial charge on any atom is -0.0991 e. The van der Waals surface area contributed by atoms with Crippen molar-refractivity contribution in [1.82, 2.24) is 0 Å². The second-order valence-corrected chi connectivity index (χ2v) is 8.42. The first kappa shape index (κ1) is 16.8. The maximum absolute atomic E-state index is 3.79. The molecule has 130 valence electrons. The van der Waals surface area contributed by atoms with Crippen molar-refractivity contribution in [3.63, 3.8) is 0 Å². The van der Waals surface area contributed by atoms with Crippen molar-refractivity contribution in [2.24, 2.45) is 0 Å². The summed E-state index contributed by atoms with van der Waals surface area (Å²) in [4.78, 5) is 0. The highest BCUT2D eigenvalue weighted by molar-refractivity contribution is 14.1. The van der Waals surface area contributed by atoms with Crippen LogP contribution in [0.25, 0.3) is 16.7 Å². The third-order valence-electron chi connectivity index (χ3n) is 5.85. The molecule has 1 heteroatoms. The molecule has 0 unspecified atom stereocenters. The summed E-state index contributed by atoms with van der Waals surface area (Å²) in [5, 5.41) is 0. The van der Waals surface area contributed by atoms with Crippen molar-refractivity contribution in [3.05, 3.63) is 123 Å². The monoisotopic (exact) mass is 458 g/mol. The SMILES string of the molecule is C=C/C=C\C=C1/CC2(c3cc(I)ccc31)c1ccccc1-c1ccccc12. The molecule has 3 aromatic rings. The Balaban J connectivity index is 1.86. The molecule has 0 amide bonds. The summed E-state index contributed by atoms with van der Waals surface area (Å²) in [6.45, 7) is 3.79. The smallest absolute Gasteiger partial charge is 0.0510 e. The van der Waals surface area contributed by atoms with Crippen molar-refractivity contribution in [2.75, 3.05) is 0 Å². The zero-order chi connectivity index (χ0) is 18.4. The molecule has 3 aromatic carbocycles. The Morgan fingerprint density at radius 1 is 0.778 bits per heavy atom. The van der Waals surface area contributed by atoms with Gasteiger partial charge in [-0.05, 0) is 80.1 Å². The molecule has 27 heavy (non-hydrogen) atoms. The minimum absolute atomic E-state index is 0.0858. The van der Waals surface area contributed by atoms with Gasteiger partial charge >= 0.3 is 0 Å². The average molecular weight is 458 g/mol. The summed E-state index contributed by atoms with van der Waals surface area (Å²) in [5.41, 5.74) is 9.74. The minimum atomic E-state index is -0.0858. The second kappa shape index (κ2) is 6.35. The van der Waals surface area contributed by atoms with Gasteiger partial charge in [-0.1, -0.05) is 85.5 Å². The van der Waals surface area contributed by atoms with E-state index in [2.05, 4.69) is 108 Å². The lowest BCUT2D eigenvalue weighted by Gasteiger charge is -2.28. The highest BCUT2D eigenvalue weighted by atomic mass is 127. The van der Waals surface area contributed by atoms with Crippen LogP contribution in [0.2, 0.25) is 0 Å². The van der Waals surface area contributed by atoms with Crippen LogP contribution in [-0.2, 0) is 5.41 Å². The third kappa shape index (κ3) is 2.34. The van der Waals surface area contributed by atoms with Crippen molar-refractivity contribution in [3.8, 4) is 11.1 Å². The van der Waals surface area contributed by atoms with E-state index in [9.17, 15) is 0 Å². The van der Waals surface area contributed by atoms with Gasteiger partial charge in [-0.3, -0.25) is 0 Å². The van der Waals surface area contributed by atoms with Gasteiger partial charge in [0.05, 0.1) is 5.41 Å². The Bertz CT molecular complexity index is 1080. The van der Waals surface area contributed by atoms with Gasteiger partial charge < -0.3 is 0 Å². The first-order valence-corrected chi connectivity index (χ1v) is 10.3. The van der Waals surface area contributed by atoms with E-state index >= 15 is 0 Å². The maximum atomic E-state index is 3.79. The molecule has 0 heterocycles. The highest BCUT2D eigenvalue weighted by Gasteiger charge is 2.49. The molecule has 2 aliphatic carbocycles. The first-order valence-electron chi connectivity index (χ1n) is 9.24. The third-order valence-corrected chi connectivity index (χ3v) is 6.52. The highest BCUT2D eigenvalue weighted by Crippen LogP contribution is 2.61. The first-order chi connectivity index (χ1) is 13.3. The van der Waals surface area contributed by atoms with Gasteiger partial charge in [0.2, 0.25) is 0 Å². The molecule has 0 N–H and O–H groups in total. The molecule has 2 aliphatic rings. The zero-order valence-corrected chi connectivity index (χ0v) is 17.1. The molecule has 0 saturated carbocycles. The van der Waals surface area contributed by atoms with Crippen molar-refractivity contribution in [2.45, 2.75) is 11.8 Å². The average Bonchev–Trinajstić information content (AvgIpc) is 3.17. The molecular formula is C26H19I. The normalized spacial score (nSPS) is 17.3. The van der Waals surface area contributed by atoms with Crippen LogP contribution in [-0.4, -0.2) is 0 Å². The lowest BCUT2D eigenvalue weighted by Crippen LogP contribution is -2.23. The second-order valence-electron chi connectivity index (χ2n) is 7.18. The molecule has 0 aliphatic heterocycles. The Morgan fingerprint density at radius 2 is 1.44 bits per heavy atom. The van der Waals surface area contributed by atoms with Gasteiger partial charge in [0.15, 0.2) is 0 Å². The molecule has 5 rings (SSSR count). The van der Waals surface area contributed by atoms with Crippen molar-refractivity contribution in [1.29, 1.82) is 0 Å². The fourth-order valence-electron chi connectivity index (χ4n) is 4.83. The van der Waals surface area contributed by atoms with Crippen LogP contribution in [0.4, 0.5) is 0 Å². The summed E-state index contributed by atoms with van der Waals surface area (Å²) in [6.07, 6.45) is 9.19. The van der Waals surface area contributed by atoms with E-state index in [1.54, 1.807) is 0 Å².